The molecule has 150 valence electrons. The Morgan fingerprint density at radius 3 is 2.66 bits per heavy atom. The van der Waals surface area contributed by atoms with Gasteiger partial charge in [0.2, 0.25) is 5.91 Å². The Morgan fingerprint density at radius 2 is 1.86 bits per heavy atom. The van der Waals surface area contributed by atoms with Crippen LogP contribution in [0.2, 0.25) is 0 Å². The van der Waals surface area contributed by atoms with Crippen molar-refractivity contribution in [3.8, 4) is 34.3 Å². The van der Waals surface area contributed by atoms with Crippen molar-refractivity contribution in [1.82, 2.24) is 4.98 Å². The highest BCUT2D eigenvalue weighted by molar-refractivity contribution is 7.14. The molecule has 1 amide bonds. The molecule has 2 aromatic carbocycles. The van der Waals surface area contributed by atoms with E-state index in [0.717, 1.165) is 22.6 Å². The summed E-state index contributed by atoms with van der Waals surface area (Å²) in [6, 6.07) is 11.1. The second-order valence-corrected chi connectivity index (χ2v) is 7.17. The summed E-state index contributed by atoms with van der Waals surface area (Å²) in [5.74, 6) is 2.51. The number of ether oxygens (including phenoxy) is 4. The number of fused-ring (bicyclic) bond motifs is 1. The molecule has 0 spiro atoms. The lowest BCUT2D eigenvalue weighted by atomic mass is 10.1. The van der Waals surface area contributed by atoms with E-state index >= 15 is 0 Å². The number of rotatable bonds is 6. The van der Waals surface area contributed by atoms with Crippen LogP contribution in [0.3, 0.4) is 0 Å². The standard InChI is InChI=1S/C21H20N2O5S/c1-25-16-5-3-13(9-18(16)26-2)10-20(24)23-21-22-15(12-29-21)14-4-6-17-19(11-14)28-8-7-27-17/h3-6,9,11-12H,7-8,10H2,1-2H3,(H,22,23,24). The second-order valence-electron chi connectivity index (χ2n) is 6.31. The van der Waals surface area contributed by atoms with Crippen LogP contribution in [0.5, 0.6) is 23.0 Å². The predicted octanol–water partition coefficient (Wildman–Crippen LogP) is 3.78. The van der Waals surface area contributed by atoms with Crippen molar-refractivity contribution >= 4 is 22.4 Å². The van der Waals surface area contributed by atoms with Crippen LogP contribution < -0.4 is 24.3 Å². The van der Waals surface area contributed by atoms with Crippen molar-refractivity contribution in [2.75, 3.05) is 32.8 Å². The summed E-state index contributed by atoms with van der Waals surface area (Å²) in [6.07, 6.45) is 0.208. The van der Waals surface area contributed by atoms with Gasteiger partial charge in [-0.15, -0.1) is 11.3 Å². The molecule has 0 radical (unpaired) electrons. The lowest BCUT2D eigenvalue weighted by Gasteiger charge is -2.18. The van der Waals surface area contributed by atoms with Gasteiger partial charge in [-0.05, 0) is 35.9 Å². The minimum absolute atomic E-state index is 0.153. The van der Waals surface area contributed by atoms with Crippen molar-refractivity contribution in [2.24, 2.45) is 0 Å². The van der Waals surface area contributed by atoms with Gasteiger partial charge in [-0.2, -0.15) is 0 Å². The highest BCUT2D eigenvalue weighted by Gasteiger charge is 2.15. The van der Waals surface area contributed by atoms with Gasteiger partial charge in [0, 0.05) is 10.9 Å². The number of methoxy groups -OCH3 is 2. The number of thiazole rings is 1. The van der Waals surface area contributed by atoms with Gasteiger partial charge in [0.25, 0.3) is 0 Å². The molecule has 0 bridgehead atoms. The van der Waals surface area contributed by atoms with Gasteiger partial charge in [0.05, 0.1) is 26.3 Å². The lowest BCUT2D eigenvalue weighted by Crippen LogP contribution is -2.15. The summed E-state index contributed by atoms with van der Waals surface area (Å²) in [6.45, 7) is 1.09. The zero-order chi connectivity index (χ0) is 20.2. The first-order valence-corrected chi connectivity index (χ1v) is 9.90. The average molecular weight is 412 g/mol. The van der Waals surface area contributed by atoms with Gasteiger partial charge in [-0.3, -0.25) is 4.79 Å². The van der Waals surface area contributed by atoms with Gasteiger partial charge in [-0.25, -0.2) is 4.98 Å². The highest BCUT2D eigenvalue weighted by atomic mass is 32.1. The minimum atomic E-state index is -0.153. The third-order valence-electron chi connectivity index (χ3n) is 4.40. The summed E-state index contributed by atoms with van der Waals surface area (Å²) in [5, 5.41) is 5.29. The molecule has 1 aliphatic rings. The largest absolute Gasteiger partial charge is 0.493 e. The highest BCUT2D eigenvalue weighted by Crippen LogP contribution is 2.35. The summed E-state index contributed by atoms with van der Waals surface area (Å²) < 4.78 is 21.7. The molecule has 3 aromatic rings. The zero-order valence-corrected chi connectivity index (χ0v) is 16.9. The molecule has 0 fully saturated rings. The maximum absolute atomic E-state index is 12.4. The quantitative estimate of drug-likeness (QED) is 0.664. The van der Waals surface area contributed by atoms with E-state index in [4.69, 9.17) is 18.9 Å². The normalized spacial score (nSPS) is 12.3. The molecule has 0 atom stereocenters. The molecule has 8 heteroatoms. The molecule has 0 saturated carbocycles. The van der Waals surface area contributed by atoms with E-state index in [-0.39, 0.29) is 12.3 Å². The molecule has 0 aliphatic carbocycles. The summed E-state index contributed by atoms with van der Waals surface area (Å²) >= 11 is 1.37. The molecule has 1 N–H and O–H groups in total. The number of amides is 1. The number of carbonyl (C=O) groups is 1. The van der Waals surface area contributed by atoms with Crippen molar-refractivity contribution in [2.45, 2.75) is 6.42 Å². The van der Waals surface area contributed by atoms with Crippen molar-refractivity contribution in [3.63, 3.8) is 0 Å². The minimum Gasteiger partial charge on any atom is -0.493 e. The van der Waals surface area contributed by atoms with Gasteiger partial charge in [0.15, 0.2) is 28.1 Å². The molecule has 1 aromatic heterocycles. The number of carbonyl (C=O) groups excluding carboxylic acids is 1. The number of hydrogen-bond donors (Lipinski definition) is 1. The van der Waals surface area contributed by atoms with Crippen molar-refractivity contribution < 1.29 is 23.7 Å². The van der Waals surface area contributed by atoms with Crippen LogP contribution in [0.1, 0.15) is 5.56 Å². The molecule has 2 heterocycles. The summed E-state index contributed by atoms with van der Waals surface area (Å²) in [5.41, 5.74) is 2.50. The van der Waals surface area contributed by atoms with Crippen LogP contribution in [0.15, 0.2) is 41.8 Å². The van der Waals surface area contributed by atoms with Gasteiger partial charge in [0.1, 0.15) is 13.2 Å². The van der Waals surface area contributed by atoms with Crippen LogP contribution in [0.4, 0.5) is 5.13 Å². The van der Waals surface area contributed by atoms with Crippen LogP contribution >= 0.6 is 11.3 Å². The first-order chi connectivity index (χ1) is 14.2. The van der Waals surface area contributed by atoms with E-state index in [0.29, 0.717) is 35.6 Å². The number of benzene rings is 2. The Labute approximate surface area is 172 Å². The third kappa shape index (κ3) is 4.27. The topological polar surface area (TPSA) is 78.9 Å². The van der Waals surface area contributed by atoms with E-state index in [1.165, 1.54) is 11.3 Å². The number of nitrogens with one attached hydrogen (secondary N) is 1. The Balaban J connectivity index is 1.43. The molecular formula is C21H20N2O5S. The Morgan fingerprint density at radius 1 is 1.07 bits per heavy atom. The van der Waals surface area contributed by atoms with Crippen molar-refractivity contribution in [3.05, 3.63) is 47.3 Å². The average Bonchev–Trinajstić information content (AvgIpc) is 3.21. The van der Waals surface area contributed by atoms with E-state index < -0.39 is 0 Å². The fourth-order valence-corrected chi connectivity index (χ4v) is 3.74. The molecule has 0 saturated heterocycles. The molecule has 1 aliphatic heterocycles. The number of aromatic nitrogens is 1. The van der Waals surface area contributed by atoms with Gasteiger partial charge in [-0.1, -0.05) is 6.07 Å². The van der Waals surface area contributed by atoms with Crippen LogP contribution in [-0.4, -0.2) is 38.3 Å². The second kappa shape index (κ2) is 8.40. The number of hydrogen-bond acceptors (Lipinski definition) is 7. The first kappa shape index (κ1) is 19.1. The van der Waals surface area contributed by atoms with Crippen LogP contribution in [-0.2, 0) is 11.2 Å². The lowest BCUT2D eigenvalue weighted by molar-refractivity contribution is -0.115. The molecule has 7 nitrogen and oxygen atoms in total. The van der Waals surface area contributed by atoms with E-state index in [9.17, 15) is 4.79 Å². The smallest absolute Gasteiger partial charge is 0.230 e. The summed E-state index contributed by atoms with van der Waals surface area (Å²) in [4.78, 5) is 16.9. The monoisotopic (exact) mass is 412 g/mol. The predicted molar refractivity (Wildman–Crippen MR) is 110 cm³/mol. The number of nitrogens with zero attached hydrogens (tertiary/aromatic N) is 1. The third-order valence-corrected chi connectivity index (χ3v) is 5.16. The van der Waals surface area contributed by atoms with Crippen LogP contribution in [0.25, 0.3) is 11.3 Å². The fraction of sp³-hybridized carbons (Fsp3) is 0.238. The van der Waals surface area contributed by atoms with Crippen molar-refractivity contribution in [1.29, 1.82) is 0 Å². The molecular weight excluding hydrogens is 392 g/mol. The SMILES string of the molecule is COc1ccc(CC(=O)Nc2nc(-c3ccc4c(c3)OCCO4)cs2)cc1OC. The van der Waals surface area contributed by atoms with E-state index in [1.807, 2.05) is 29.6 Å². The first-order valence-electron chi connectivity index (χ1n) is 9.02. The Hall–Kier alpha value is -3.26. The Bertz CT molecular complexity index is 1030. The fourth-order valence-electron chi connectivity index (χ4n) is 3.01. The maximum atomic E-state index is 12.4. The molecule has 29 heavy (non-hydrogen) atoms. The molecule has 0 unspecified atom stereocenters. The summed E-state index contributed by atoms with van der Waals surface area (Å²) in [7, 11) is 3.14. The molecule has 4 rings (SSSR count). The maximum Gasteiger partial charge on any atom is 0.230 e. The van der Waals surface area contributed by atoms with Gasteiger partial charge >= 0.3 is 0 Å². The van der Waals surface area contributed by atoms with Gasteiger partial charge < -0.3 is 24.3 Å². The van der Waals surface area contributed by atoms with E-state index in [1.54, 1.807) is 26.4 Å². The Kier molecular flexibility index (Phi) is 5.53. The van der Waals surface area contributed by atoms with Crippen LogP contribution in [0, 0.1) is 0 Å². The number of anilines is 1. The van der Waals surface area contributed by atoms with E-state index in [2.05, 4.69) is 10.3 Å². The zero-order valence-electron chi connectivity index (χ0n) is 16.1.